The van der Waals surface area contributed by atoms with E-state index in [2.05, 4.69) is 0 Å². The number of hydrogen-bond donors (Lipinski definition) is 2. The summed E-state index contributed by atoms with van der Waals surface area (Å²) in [4.78, 5) is 73.8. The average molecular weight is 917 g/mol. The van der Waals surface area contributed by atoms with Crippen LogP contribution in [0.2, 0.25) is 5.02 Å². The van der Waals surface area contributed by atoms with Crippen molar-refractivity contribution in [3.63, 3.8) is 0 Å². The Kier molecular flexibility index (Phi) is 8.72. The van der Waals surface area contributed by atoms with Crippen molar-refractivity contribution in [2.24, 2.45) is 36.1 Å². The van der Waals surface area contributed by atoms with Crippen LogP contribution >= 0.6 is 45.5 Å². The maximum absolute atomic E-state index is 15.2. The molecule has 3 fully saturated rings. The molecule has 2 saturated heterocycles. The molecule has 4 aliphatic rings. The van der Waals surface area contributed by atoms with Gasteiger partial charge in [0.15, 0.2) is 11.5 Å². The second-order valence-corrected chi connectivity index (χ2v) is 17.9. The molecule has 2 aromatic heterocycles. The zero-order valence-electron chi connectivity index (χ0n) is 30.9. The van der Waals surface area contributed by atoms with Gasteiger partial charge in [0.2, 0.25) is 23.6 Å². The minimum absolute atomic E-state index is 0.0634. The van der Waals surface area contributed by atoms with E-state index < -0.39 is 64.6 Å². The topological polar surface area (TPSA) is 159 Å². The Balaban J connectivity index is 1.17. The van der Waals surface area contributed by atoms with Crippen molar-refractivity contribution in [2.75, 3.05) is 16.9 Å². The normalized spacial score (nSPS) is 25.5. The molecule has 2 N–H and O–H groups in total. The van der Waals surface area contributed by atoms with Crippen molar-refractivity contribution >= 4 is 96.7 Å². The van der Waals surface area contributed by atoms with Crippen LogP contribution in [0.25, 0.3) is 20.7 Å². The number of aromatic carboxylic acids is 1. The molecule has 4 amide bonds. The Labute approximate surface area is 348 Å². The molecule has 15 heteroatoms. The Morgan fingerprint density at radius 3 is 2.53 bits per heavy atom. The van der Waals surface area contributed by atoms with Crippen molar-refractivity contribution in [1.82, 2.24) is 9.78 Å². The SMILES string of the molecule is COc1cc([C@H]2C3=CC[C@@H]4C(=O)N(c5cccc(C(=O)O)c5)C(=O)[C@@H]4[C@@H]3C[C@H]3C(=O)N(c4cc(-c5sc6ccc(Cl)cc6c5C)nn4C)C(=O)[C@@]23C)cc(I)c1O. The molecular formula is C42H34ClIN4O8S. The molecule has 12 nitrogen and oxygen atoms in total. The van der Waals surface area contributed by atoms with Crippen LogP contribution in [0.1, 0.15) is 47.2 Å². The number of carbonyl (C=O) groups excluding carboxylic acids is 4. The number of aromatic hydroxyl groups is 1. The molecule has 9 rings (SSSR count). The number of carboxylic acids is 1. The maximum atomic E-state index is 15.2. The number of phenolic OH excluding ortho intramolecular Hbond substituents is 1. The molecule has 1 saturated carbocycles. The smallest absolute Gasteiger partial charge is 0.335 e. The van der Waals surface area contributed by atoms with E-state index in [1.165, 1.54) is 41.0 Å². The minimum atomic E-state index is -1.35. The number of thiophene rings is 1. The van der Waals surface area contributed by atoms with E-state index in [1.807, 2.05) is 53.8 Å². The van der Waals surface area contributed by atoms with Crippen molar-refractivity contribution in [1.29, 1.82) is 0 Å². The Bertz CT molecular complexity index is 2690. The first-order chi connectivity index (χ1) is 27.1. The standard InChI is InChI=1S/C42H34ClIN4O8S/c1-18-25-15-21(43)8-11-31(25)57-36(18)29-17-32(46(3)45-29)48-38(51)27-16-26-23(34(42(27,2)41(48)55)20-13-28(44)35(49)30(14-20)56-4)9-10-24-33(26)39(52)47(37(24)50)22-7-5-6-19(12-22)40(53)54/h5-9,11-15,17,24,26-27,33-34,49H,10,16H2,1-4H3,(H,53,54)/t24-,26+,27-,33-,34-,42+/m0/s1. The van der Waals surface area contributed by atoms with Gasteiger partial charge in [0.05, 0.1) is 50.0 Å². The summed E-state index contributed by atoms with van der Waals surface area (Å²) in [6.45, 7) is 3.78. The molecule has 4 heterocycles. The third kappa shape index (κ3) is 5.36. The molecule has 57 heavy (non-hydrogen) atoms. The summed E-state index contributed by atoms with van der Waals surface area (Å²) in [6, 6.07) is 16.6. The van der Waals surface area contributed by atoms with E-state index in [-0.39, 0.29) is 35.6 Å². The maximum Gasteiger partial charge on any atom is 0.335 e. The number of benzene rings is 3. The van der Waals surface area contributed by atoms with Gasteiger partial charge in [0, 0.05) is 28.8 Å². The van der Waals surface area contributed by atoms with E-state index in [0.717, 1.165) is 31.0 Å². The van der Waals surface area contributed by atoms with Gasteiger partial charge in [-0.05, 0) is 120 Å². The number of imide groups is 2. The highest BCUT2D eigenvalue weighted by Crippen LogP contribution is 2.64. The lowest BCUT2D eigenvalue weighted by molar-refractivity contribution is -0.131. The number of anilines is 2. The number of carbonyl (C=O) groups is 5. The van der Waals surface area contributed by atoms with Gasteiger partial charge in [-0.15, -0.1) is 11.3 Å². The first-order valence-electron chi connectivity index (χ1n) is 18.2. The molecular weight excluding hydrogens is 883 g/mol. The quantitative estimate of drug-likeness (QED) is 0.0989. The molecule has 0 bridgehead atoms. The van der Waals surface area contributed by atoms with Gasteiger partial charge in [0.25, 0.3) is 0 Å². The summed E-state index contributed by atoms with van der Waals surface area (Å²) in [7, 11) is 3.13. The highest BCUT2D eigenvalue weighted by atomic mass is 127. The summed E-state index contributed by atoms with van der Waals surface area (Å²) >= 11 is 9.86. The number of rotatable bonds is 6. The molecule has 6 atom stereocenters. The summed E-state index contributed by atoms with van der Waals surface area (Å²) in [6.07, 6.45) is 2.26. The van der Waals surface area contributed by atoms with Gasteiger partial charge in [-0.2, -0.15) is 5.10 Å². The van der Waals surface area contributed by atoms with Crippen LogP contribution in [-0.2, 0) is 26.2 Å². The number of carboxylic acid groups (broad SMARTS) is 1. The first-order valence-corrected chi connectivity index (χ1v) is 20.5. The van der Waals surface area contributed by atoms with Crippen molar-refractivity contribution in [3.8, 4) is 22.1 Å². The van der Waals surface area contributed by atoms with E-state index in [0.29, 0.717) is 25.7 Å². The molecule has 2 aliphatic carbocycles. The van der Waals surface area contributed by atoms with Crippen LogP contribution in [0.3, 0.4) is 0 Å². The van der Waals surface area contributed by atoms with Gasteiger partial charge in [-0.25, -0.2) is 9.69 Å². The fraction of sp³-hybridized carbons (Fsp3) is 0.286. The fourth-order valence-electron chi connectivity index (χ4n) is 9.78. The summed E-state index contributed by atoms with van der Waals surface area (Å²) in [5, 5.41) is 26.9. The zero-order valence-corrected chi connectivity index (χ0v) is 34.7. The Morgan fingerprint density at radius 1 is 1.02 bits per heavy atom. The molecule has 290 valence electrons. The van der Waals surface area contributed by atoms with Crippen molar-refractivity contribution in [3.05, 3.63) is 97.6 Å². The number of aromatic nitrogens is 2. The second kappa shape index (κ2) is 13.2. The summed E-state index contributed by atoms with van der Waals surface area (Å²) in [5.74, 6) is -6.43. The number of fused-ring (bicyclic) bond motifs is 5. The number of methoxy groups -OCH3 is 1. The van der Waals surface area contributed by atoms with Crippen LogP contribution in [0.4, 0.5) is 11.5 Å². The van der Waals surface area contributed by atoms with Crippen molar-refractivity contribution in [2.45, 2.75) is 32.6 Å². The predicted molar refractivity (Wildman–Crippen MR) is 222 cm³/mol. The molecule has 0 radical (unpaired) electrons. The van der Waals surface area contributed by atoms with Crippen LogP contribution < -0.4 is 14.5 Å². The number of nitrogens with zero attached hydrogens (tertiary/aromatic N) is 4. The zero-order chi connectivity index (χ0) is 40.4. The molecule has 0 spiro atoms. The van der Waals surface area contributed by atoms with E-state index in [4.69, 9.17) is 21.4 Å². The second-order valence-electron chi connectivity index (χ2n) is 15.3. The van der Waals surface area contributed by atoms with E-state index in [9.17, 15) is 29.4 Å². The first kappa shape index (κ1) is 37.5. The van der Waals surface area contributed by atoms with Crippen LogP contribution in [-0.4, -0.2) is 56.7 Å². The summed E-state index contributed by atoms with van der Waals surface area (Å²) < 4.78 is 8.59. The Morgan fingerprint density at radius 2 is 1.79 bits per heavy atom. The monoisotopic (exact) mass is 916 g/mol. The van der Waals surface area contributed by atoms with Gasteiger partial charge in [-0.3, -0.25) is 28.8 Å². The number of phenols is 1. The fourth-order valence-corrected chi connectivity index (χ4v) is 11.7. The lowest BCUT2D eigenvalue weighted by Gasteiger charge is -2.49. The Hall–Kier alpha value is -5.06. The summed E-state index contributed by atoms with van der Waals surface area (Å²) in [5.41, 5.74) is 1.69. The molecule has 0 unspecified atom stereocenters. The lowest BCUT2D eigenvalue weighted by Crippen LogP contribution is -2.49. The lowest BCUT2D eigenvalue weighted by atomic mass is 9.51. The molecule has 5 aromatic rings. The number of hydrogen-bond acceptors (Lipinski definition) is 9. The minimum Gasteiger partial charge on any atom is -0.504 e. The third-order valence-corrected chi connectivity index (χ3v) is 14.8. The number of allylic oxidation sites excluding steroid dienone is 2. The van der Waals surface area contributed by atoms with Crippen LogP contribution in [0.5, 0.6) is 11.5 Å². The average Bonchev–Trinajstić information content (AvgIpc) is 3.85. The van der Waals surface area contributed by atoms with E-state index in [1.54, 1.807) is 43.5 Å². The number of aryl methyl sites for hydroxylation is 2. The number of ether oxygens (including phenoxy) is 1. The van der Waals surface area contributed by atoms with Crippen molar-refractivity contribution < 1.29 is 38.9 Å². The van der Waals surface area contributed by atoms with Crippen LogP contribution in [0, 0.1) is 39.6 Å². The molecule has 3 aromatic carbocycles. The largest absolute Gasteiger partial charge is 0.504 e. The molecule has 2 aliphatic heterocycles. The van der Waals surface area contributed by atoms with Gasteiger partial charge < -0.3 is 14.9 Å². The third-order valence-electron chi connectivity index (χ3n) is 12.4. The highest BCUT2D eigenvalue weighted by molar-refractivity contribution is 14.1. The van der Waals surface area contributed by atoms with E-state index >= 15 is 4.79 Å². The number of halogens is 2. The van der Waals surface area contributed by atoms with Gasteiger partial charge in [0.1, 0.15) is 11.5 Å². The van der Waals surface area contributed by atoms with Gasteiger partial charge in [-0.1, -0.05) is 29.3 Å². The van der Waals surface area contributed by atoms with Gasteiger partial charge >= 0.3 is 5.97 Å². The predicted octanol–water partition coefficient (Wildman–Crippen LogP) is 7.72. The number of amides is 4. The highest BCUT2D eigenvalue weighted by Gasteiger charge is 2.68. The van der Waals surface area contributed by atoms with Crippen LogP contribution in [0.15, 0.2) is 72.3 Å².